The molecule has 0 atom stereocenters. The second kappa shape index (κ2) is 23.8. The van der Waals surface area contributed by atoms with E-state index in [1.165, 1.54) is 48.2 Å². The van der Waals surface area contributed by atoms with Crippen molar-refractivity contribution < 1.29 is 71.6 Å². The van der Waals surface area contributed by atoms with Crippen LogP contribution in [0.2, 0.25) is 0 Å². The number of aromatic nitrogens is 6. The van der Waals surface area contributed by atoms with Gasteiger partial charge in [0.2, 0.25) is 35.7 Å². The van der Waals surface area contributed by atoms with Crippen LogP contribution in [0.1, 0.15) is 11.1 Å². The Kier molecular flexibility index (Phi) is 19.1. The van der Waals surface area contributed by atoms with Crippen LogP contribution < -0.4 is 31.1 Å². The smallest absolute Gasteiger partial charge is 0.295 e. The summed E-state index contributed by atoms with van der Waals surface area (Å²) in [5, 5.41) is 29.2. The number of benzene rings is 2. The van der Waals surface area contributed by atoms with Gasteiger partial charge in [-0.2, -0.15) is 63.6 Å². The van der Waals surface area contributed by atoms with E-state index in [4.69, 9.17) is 19.7 Å². The van der Waals surface area contributed by atoms with E-state index in [-0.39, 0.29) is 124 Å². The van der Waals surface area contributed by atoms with Crippen molar-refractivity contribution >= 4 is 99.7 Å². The van der Waals surface area contributed by atoms with Crippen LogP contribution in [0, 0.1) is 0 Å². The first-order valence-electron chi connectivity index (χ1n) is 19.1. The highest BCUT2D eigenvalue weighted by atomic mass is 32.2. The third kappa shape index (κ3) is 18.0. The first-order valence-corrected chi connectivity index (χ1v) is 25.2. The van der Waals surface area contributed by atoms with E-state index in [1.54, 1.807) is 0 Å². The summed E-state index contributed by atoms with van der Waals surface area (Å²) >= 11 is 0. The molecule has 32 heteroatoms. The Morgan fingerprint density at radius 3 is 1.24 bits per heavy atom. The van der Waals surface area contributed by atoms with Crippen LogP contribution in [0.3, 0.4) is 0 Å². The molecule has 0 unspecified atom stereocenters. The first kappa shape index (κ1) is 53.1. The number of rotatable bonds is 28. The lowest BCUT2D eigenvalue weighted by Crippen LogP contribution is -2.27. The Labute approximate surface area is 379 Å². The highest BCUT2D eigenvalue weighted by Crippen LogP contribution is 2.28. The normalized spacial score (nSPS) is 12.3. The van der Waals surface area contributed by atoms with Crippen molar-refractivity contribution in [2.24, 2.45) is 0 Å². The number of aliphatic hydroxyl groups excluding tert-OH is 2. The molecular formula is C34H48N12O16S4. The number of aliphatic hydroxyl groups is 2. The minimum atomic E-state index is -4.98. The minimum absolute atomic E-state index is 0.0169. The average molecular weight is 1010 g/mol. The Balaban J connectivity index is 1.65. The molecule has 2 aromatic carbocycles. The lowest BCUT2D eigenvalue weighted by Gasteiger charge is -2.18. The van der Waals surface area contributed by atoms with Gasteiger partial charge in [0, 0.05) is 51.6 Å². The quantitative estimate of drug-likeness (QED) is 0.0198. The fourth-order valence-corrected chi connectivity index (χ4v) is 7.66. The molecule has 0 radical (unpaired) electrons. The molecule has 0 saturated carbocycles. The molecule has 2 aromatic heterocycles. The summed E-state index contributed by atoms with van der Waals surface area (Å²) < 4.78 is 145. The van der Waals surface area contributed by atoms with Crippen LogP contribution in [-0.2, 0) is 49.9 Å². The van der Waals surface area contributed by atoms with Crippen molar-refractivity contribution in [3.05, 3.63) is 47.5 Å². The number of anilines is 8. The van der Waals surface area contributed by atoms with Crippen LogP contribution in [0.4, 0.5) is 47.1 Å². The Morgan fingerprint density at radius 1 is 0.545 bits per heavy atom. The minimum Gasteiger partial charge on any atom is -0.394 e. The Hall–Kier alpha value is -5.52. The summed E-state index contributed by atoms with van der Waals surface area (Å²) in [6.07, 6.45) is 2.30. The first-order chi connectivity index (χ1) is 30.9. The van der Waals surface area contributed by atoms with Crippen LogP contribution in [0.25, 0.3) is 12.2 Å². The fourth-order valence-electron chi connectivity index (χ4n) is 5.23. The van der Waals surface area contributed by atoms with Crippen LogP contribution in [0.15, 0.2) is 46.2 Å². The van der Waals surface area contributed by atoms with E-state index < -0.39 is 61.8 Å². The van der Waals surface area contributed by atoms with Crippen molar-refractivity contribution in [2.45, 2.75) is 9.79 Å². The Bertz CT molecular complexity index is 2580. The van der Waals surface area contributed by atoms with Crippen molar-refractivity contribution in [3.63, 3.8) is 0 Å². The van der Waals surface area contributed by atoms with E-state index in [2.05, 4.69) is 51.2 Å². The molecule has 0 fully saturated rings. The van der Waals surface area contributed by atoms with Gasteiger partial charge < -0.3 is 50.8 Å². The summed E-state index contributed by atoms with van der Waals surface area (Å²) in [6, 6.07) is 7.25. The molecule has 0 aliphatic heterocycles. The fraction of sp³-hybridized carbons (Fsp3) is 0.412. The maximum Gasteiger partial charge on any atom is 0.295 e. The molecule has 66 heavy (non-hydrogen) atoms. The molecule has 0 amide bonds. The van der Waals surface area contributed by atoms with Crippen molar-refractivity contribution in [1.82, 2.24) is 29.9 Å². The van der Waals surface area contributed by atoms with Gasteiger partial charge in [-0.15, -0.1) is 0 Å². The monoisotopic (exact) mass is 1010 g/mol. The van der Waals surface area contributed by atoms with E-state index in [1.807, 2.05) is 0 Å². The number of nitrogens with zero attached hydrogens (tertiary/aromatic N) is 8. The molecule has 4 aromatic rings. The topological polar surface area (TPSA) is 408 Å². The third-order valence-electron chi connectivity index (χ3n) is 8.37. The zero-order valence-electron chi connectivity index (χ0n) is 35.1. The summed E-state index contributed by atoms with van der Waals surface area (Å²) in [5.74, 6) is -1.88. The molecule has 0 bridgehead atoms. The van der Waals surface area contributed by atoms with Crippen LogP contribution in [-0.4, -0.2) is 183 Å². The maximum absolute atomic E-state index is 12.6. The second-order valence-electron chi connectivity index (χ2n) is 13.5. The molecule has 10 N–H and O–H groups in total. The highest BCUT2D eigenvalue weighted by molar-refractivity contribution is 7.86. The SMILES string of the molecule is CN(CCS(=O)(=O)O)c1nc(NCCOCCO)nc(Nc2ccc(C=Cc3ccc(Nc4nc(NCCOCCO)nc(N(C)CCS(=O)(=O)O)n4)cc3S(=O)(=O)O)c(S(=O)(=O)O)c2)n1. The Morgan fingerprint density at radius 2 is 0.909 bits per heavy atom. The molecule has 364 valence electrons. The van der Waals surface area contributed by atoms with Crippen molar-refractivity contribution in [2.75, 3.05) is 122 Å². The molecule has 0 spiro atoms. The maximum atomic E-state index is 12.6. The summed E-state index contributed by atoms with van der Waals surface area (Å²) in [5.41, 5.74) is -0.252. The lowest BCUT2D eigenvalue weighted by molar-refractivity contribution is 0.0991. The van der Waals surface area contributed by atoms with E-state index in [0.29, 0.717) is 0 Å². The summed E-state index contributed by atoms with van der Waals surface area (Å²) in [6.45, 7) is -0.143. The molecule has 4 rings (SSSR count). The summed E-state index contributed by atoms with van der Waals surface area (Å²) in [4.78, 5) is 26.7. The van der Waals surface area contributed by atoms with Crippen LogP contribution >= 0.6 is 0 Å². The van der Waals surface area contributed by atoms with Crippen molar-refractivity contribution in [3.8, 4) is 0 Å². The number of hydrogen-bond acceptors (Lipinski definition) is 24. The summed E-state index contributed by atoms with van der Waals surface area (Å²) in [7, 11) is -15.8. The lowest BCUT2D eigenvalue weighted by atomic mass is 10.1. The largest absolute Gasteiger partial charge is 0.394 e. The van der Waals surface area contributed by atoms with Gasteiger partial charge in [-0.3, -0.25) is 18.2 Å². The van der Waals surface area contributed by atoms with E-state index in [0.717, 1.165) is 24.3 Å². The zero-order chi connectivity index (χ0) is 48.7. The molecule has 2 heterocycles. The van der Waals surface area contributed by atoms with E-state index in [9.17, 15) is 51.9 Å². The zero-order valence-corrected chi connectivity index (χ0v) is 38.3. The standard InChI is InChI=1S/C34H48N12O16S4/c1-45(11-19-63(49,50)51)33-41-29(35-9-15-61-17-13-47)39-31(43-33)37-25-7-5-23(27(21-25)65(55,56)57)3-4-24-6-8-26(22-28(24)66(58,59)60)38-32-40-30(36-10-16-62-18-14-48)42-34(44-32)46(2)12-20-64(52,53)54/h3-8,21-22,47-48H,9-20H2,1-2H3,(H,49,50,51)(H,52,53,54)(H,55,56,57)(H,58,59,60)(H2,35,37,39,41,43)(H2,36,38,40,42,44). The predicted octanol–water partition coefficient (Wildman–Crippen LogP) is -0.303. The van der Waals surface area contributed by atoms with Gasteiger partial charge in [-0.25, -0.2) is 0 Å². The third-order valence-corrected chi connectivity index (χ3v) is 11.6. The van der Waals surface area contributed by atoms with Crippen molar-refractivity contribution in [1.29, 1.82) is 0 Å². The second-order valence-corrected chi connectivity index (χ2v) is 19.5. The van der Waals surface area contributed by atoms with Gasteiger partial charge in [-0.05, 0) is 35.4 Å². The molecule has 0 aliphatic rings. The van der Waals surface area contributed by atoms with Crippen LogP contribution in [0.5, 0.6) is 0 Å². The molecule has 28 nitrogen and oxygen atoms in total. The predicted molar refractivity (Wildman–Crippen MR) is 240 cm³/mol. The average Bonchev–Trinajstić information content (AvgIpc) is 3.23. The van der Waals surface area contributed by atoms with E-state index >= 15 is 0 Å². The number of ether oxygens (including phenoxy) is 2. The highest BCUT2D eigenvalue weighted by Gasteiger charge is 2.20. The van der Waals surface area contributed by atoms with Gasteiger partial charge in [0.15, 0.2) is 0 Å². The number of nitrogens with one attached hydrogen (secondary N) is 4. The van der Waals surface area contributed by atoms with Gasteiger partial charge in [0.1, 0.15) is 9.79 Å². The van der Waals surface area contributed by atoms with Gasteiger partial charge in [0.05, 0.1) is 51.1 Å². The van der Waals surface area contributed by atoms with Gasteiger partial charge >= 0.3 is 0 Å². The number of hydrogen-bond donors (Lipinski definition) is 10. The van der Waals surface area contributed by atoms with Gasteiger partial charge in [0.25, 0.3) is 40.5 Å². The molecule has 0 aliphatic carbocycles. The van der Waals surface area contributed by atoms with Gasteiger partial charge in [-0.1, -0.05) is 24.3 Å². The molecule has 0 saturated heterocycles. The molecular weight excluding hydrogens is 961 g/mol.